The lowest BCUT2D eigenvalue weighted by atomic mass is 9.90. The normalized spacial score (nSPS) is 19.5. The fourth-order valence-electron chi connectivity index (χ4n) is 2.91. The number of rotatable bonds is 4. The fourth-order valence-corrected chi connectivity index (χ4v) is 2.91. The Hall–Kier alpha value is -2.43. The maximum atomic E-state index is 12.0. The van der Waals surface area contributed by atoms with E-state index in [0.717, 1.165) is 35.4 Å². The minimum absolute atomic E-state index is 0.0121. The van der Waals surface area contributed by atoms with E-state index in [1.807, 2.05) is 31.2 Å². The number of ketones is 1. The van der Waals surface area contributed by atoms with E-state index in [9.17, 15) is 9.90 Å². The predicted molar refractivity (Wildman–Crippen MR) is 90.9 cm³/mol. The zero-order valence-electron chi connectivity index (χ0n) is 13.3. The Morgan fingerprint density at radius 2 is 2.17 bits per heavy atom. The number of hydrogen-bond acceptors (Lipinski definition) is 4. The number of nitrogens with zero attached hydrogens (tertiary/aromatic N) is 2. The number of aromatic nitrogens is 2. The lowest BCUT2D eigenvalue weighted by Crippen LogP contribution is -2.21. The highest BCUT2D eigenvalue weighted by atomic mass is 16.3. The van der Waals surface area contributed by atoms with Crippen molar-refractivity contribution in [2.45, 2.75) is 39.0 Å². The number of carbonyl (C=O) groups excluding carboxylic acids is 1. The molecule has 1 fully saturated rings. The average molecular weight is 311 g/mol. The van der Waals surface area contributed by atoms with Crippen LogP contribution >= 0.6 is 0 Å². The van der Waals surface area contributed by atoms with Crippen LogP contribution in [0.4, 0.5) is 0 Å². The van der Waals surface area contributed by atoms with Gasteiger partial charge >= 0.3 is 0 Å². The summed E-state index contributed by atoms with van der Waals surface area (Å²) in [6.07, 6.45) is 3.21. The van der Waals surface area contributed by atoms with Crippen molar-refractivity contribution >= 4 is 22.5 Å². The molecule has 3 rings (SSSR count). The van der Waals surface area contributed by atoms with Crippen molar-refractivity contribution in [1.82, 2.24) is 9.97 Å². The molecule has 2 N–H and O–H groups in total. The Morgan fingerprint density at radius 1 is 1.35 bits per heavy atom. The lowest BCUT2D eigenvalue weighted by Gasteiger charge is -2.17. The molecular formula is C18H21N3O2. The highest BCUT2D eigenvalue weighted by Crippen LogP contribution is 2.22. The van der Waals surface area contributed by atoms with Gasteiger partial charge in [0.05, 0.1) is 16.6 Å². The van der Waals surface area contributed by atoms with E-state index >= 15 is 0 Å². The van der Waals surface area contributed by atoms with Crippen molar-refractivity contribution in [2.24, 2.45) is 4.99 Å². The minimum atomic E-state index is 0.0121. The summed E-state index contributed by atoms with van der Waals surface area (Å²) in [6.45, 7) is 2.40. The highest BCUT2D eigenvalue weighted by Gasteiger charge is 2.24. The van der Waals surface area contributed by atoms with Crippen molar-refractivity contribution in [1.29, 1.82) is 0 Å². The van der Waals surface area contributed by atoms with Crippen LogP contribution in [0.3, 0.4) is 0 Å². The Labute approximate surface area is 135 Å². The summed E-state index contributed by atoms with van der Waals surface area (Å²) in [7, 11) is 0. The van der Waals surface area contributed by atoms with E-state index < -0.39 is 0 Å². The van der Waals surface area contributed by atoms with Gasteiger partial charge in [0.15, 0.2) is 5.78 Å². The molecule has 1 aliphatic carbocycles. The van der Waals surface area contributed by atoms with Gasteiger partial charge in [-0.1, -0.05) is 19.1 Å². The molecule has 0 radical (unpaired) electrons. The Balaban J connectivity index is 1.74. The van der Waals surface area contributed by atoms with Crippen LogP contribution in [0.2, 0.25) is 0 Å². The molecule has 5 nitrogen and oxygen atoms in total. The van der Waals surface area contributed by atoms with Crippen LogP contribution < -0.4 is 0 Å². The van der Waals surface area contributed by atoms with Crippen LogP contribution in [0.25, 0.3) is 11.0 Å². The number of aliphatic hydroxyl groups is 1. The van der Waals surface area contributed by atoms with Gasteiger partial charge in [0, 0.05) is 31.5 Å². The molecule has 1 aromatic heterocycles. The van der Waals surface area contributed by atoms with E-state index in [-0.39, 0.29) is 11.5 Å². The molecule has 5 heteroatoms. The van der Waals surface area contributed by atoms with Gasteiger partial charge in [-0.05, 0) is 25.0 Å². The average Bonchev–Trinajstić information content (AvgIpc) is 2.97. The van der Waals surface area contributed by atoms with Crippen molar-refractivity contribution in [3.8, 4) is 0 Å². The van der Waals surface area contributed by atoms with E-state index in [1.165, 1.54) is 0 Å². The number of hydrogen-bond donors (Lipinski definition) is 2. The molecule has 0 spiro atoms. The number of fused-ring (bicyclic) bond motifs is 1. The number of H-pyrrole nitrogens is 1. The molecule has 1 heterocycles. The highest BCUT2D eigenvalue weighted by molar-refractivity contribution is 6.24. The number of Topliss-reactive ketones (excluding diaryl/α,β-unsaturated/α-hetero) is 1. The van der Waals surface area contributed by atoms with Crippen LogP contribution in [0.5, 0.6) is 0 Å². The fraction of sp³-hybridized carbons (Fsp3) is 0.389. The number of aliphatic imine (C=N–C) groups is 1. The summed E-state index contributed by atoms with van der Waals surface area (Å²) in [5.41, 5.74) is 3.17. The van der Waals surface area contributed by atoms with Crippen molar-refractivity contribution < 1.29 is 9.90 Å². The van der Waals surface area contributed by atoms with E-state index in [0.29, 0.717) is 31.4 Å². The first-order valence-electron chi connectivity index (χ1n) is 8.11. The zero-order valence-corrected chi connectivity index (χ0v) is 13.3. The summed E-state index contributed by atoms with van der Waals surface area (Å²) in [5, 5.41) is 9.99. The molecule has 120 valence electrons. The molecule has 0 aliphatic heterocycles. The van der Waals surface area contributed by atoms with Crippen LogP contribution in [0.1, 0.15) is 38.4 Å². The topological polar surface area (TPSA) is 78.3 Å². The van der Waals surface area contributed by atoms with E-state index in [4.69, 9.17) is 0 Å². The molecule has 0 unspecified atom stereocenters. The van der Waals surface area contributed by atoms with E-state index in [1.54, 1.807) is 0 Å². The standard InChI is InChI=1S/C18H21N3O2/c1-2-15(22)18-14(8-5-9-16(18)23)19-11-10-17-20-12-6-3-4-7-13(12)21-17/h3-4,6-7,22H,2,5,8-11H2,1H3,(H,20,21)/b18-15-,19-14?. The summed E-state index contributed by atoms with van der Waals surface area (Å²) in [5.74, 6) is 1.07. The maximum absolute atomic E-state index is 12.0. The predicted octanol–water partition coefficient (Wildman–Crippen LogP) is 3.52. The Morgan fingerprint density at radius 3 is 2.96 bits per heavy atom. The molecular weight excluding hydrogens is 290 g/mol. The third kappa shape index (κ3) is 3.33. The van der Waals surface area contributed by atoms with Gasteiger partial charge in [-0.15, -0.1) is 0 Å². The third-order valence-electron chi connectivity index (χ3n) is 4.10. The Bertz CT molecular complexity index is 753. The number of allylic oxidation sites excluding steroid dienone is 2. The van der Waals surface area contributed by atoms with Crippen LogP contribution in [0.15, 0.2) is 40.6 Å². The molecule has 0 bridgehead atoms. The molecule has 1 aliphatic rings. The monoisotopic (exact) mass is 311 g/mol. The van der Waals surface area contributed by atoms with Gasteiger partial charge in [0.25, 0.3) is 0 Å². The van der Waals surface area contributed by atoms with E-state index in [2.05, 4.69) is 15.0 Å². The first kappa shape index (κ1) is 15.5. The van der Waals surface area contributed by atoms with Gasteiger partial charge in [0.2, 0.25) is 0 Å². The molecule has 0 atom stereocenters. The van der Waals surface area contributed by atoms with Crippen molar-refractivity contribution in [3.63, 3.8) is 0 Å². The second kappa shape index (κ2) is 6.77. The molecule has 0 saturated heterocycles. The van der Waals surface area contributed by atoms with Crippen LogP contribution in [-0.4, -0.2) is 33.1 Å². The van der Waals surface area contributed by atoms with Gasteiger partial charge in [-0.25, -0.2) is 4.98 Å². The van der Waals surface area contributed by atoms with Crippen LogP contribution in [0, 0.1) is 0 Å². The van der Waals surface area contributed by atoms with Crippen LogP contribution in [-0.2, 0) is 11.2 Å². The number of benzene rings is 1. The minimum Gasteiger partial charge on any atom is -0.512 e. The maximum Gasteiger partial charge on any atom is 0.168 e. The summed E-state index contributed by atoms with van der Waals surface area (Å²) < 4.78 is 0. The number of aliphatic hydroxyl groups excluding tert-OH is 1. The third-order valence-corrected chi connectivity index (χ3v) is 4.10. The Kier molecular flexibility index (Phi) is 4.55. The largest absolute Gasteiger partial charge is 0.512 e. The number of para-hydroxylation sites is 2. The molecule has 1 aromatic carbocycles. The van der Waals surface area contributed by atoms with Crippen molar-refractivity contribution in [3.05, 3.63) is 41.4 Å². The second-order valence-corrected chi connectivity index (χ2v) is 5.73. The van der Waals surface area contributed by atoms with Gasteiger partial charge in [-0.3, -0.25) is 9.79 Å². The molecule has 1 saturated carbocycles. The van der Waals surface area contributed by atoms with Gasteiger partial charge < -0.3 is 10.1 Å². The molecule has 0 amide bonds. The first-order chi connectivity index (χ1) is 11.2. The first-order valence-corrected chi connectivity index (χ1v) is 8.11. The summed E-state index contributed by atoms with van der Waals surface area (Å²) in [4.78, 5) is 24.4. The molecule has 23 heavy (non-hydrogen) atoms. The van der Waals surface area contributed by atoms with Crippen molar-refractivity contribution in [2.75, 3.05) is 6.54 Å². The number of aromatic amines is 1. The lowest BCUT2D eigenvalue weighted by molar-refractivity contribution is -0.115. The molecule has 2 aromatic rings. The summed E-state index contributed by atoms with van der Waals surface area (Å²) >= 11 is 0. The number of carbonyl (C=O) groups is 1. The SMILES string of the molecule is CC/C(O)=C1/C(=O)CCCC1=NCCc1nc2ccccc2[nH]1. The number of nitrogens with one attached hydrogen (secondary N) is 1. The zero-order chi connectivity index (χ0) is 16.2. The smallest absolute Gasteiger partial charge is 0.168 e. The van der Waals surface area contributed by atoms with Gasteiger partial charge in [-0.2, -0.15) is 0 Å². The quantitative estimate of drug-likeness (QED) is 0.670. The summed E-state index contributed by atoms with van der Waals surface area (Å²) in [6, 6.07) is 7.91. The second-order valence-electron chi connectivity index (χ2n) is 5.73. The van der Waals surface area contributed by atoms with Gasteiger partial charge in [0.1, 0.15) is 11.6 Å². The number of imidazole rings is 1.